The molecule has 1 aliphatic rings. The van der Waals surface area contributed by atoms with Gasteiger partial charge in [0, 0.05) is 33.2 Å². The summed E-state index contributed by atoms with van der Waals surface area (Å²) in [4.78, 5) is 2.43. The second-order valence-electron chi connectivity index (χ2n) is 14.1. The molecule has 3 nitrogen and oxygen atoms in total. The van der Waals surface area contributed by atoms with Crippen molar-refractivity contribution >= 4 is 82.4 Å². The van der Waals surface area contributed by atoms with Crippen LogP contribution in [0.4, 0.5) is 17.1 Å². The Labute approximate surface area is 305 Å². The Balaban J connectivity index is 1.16. The van der Waals surface area contributed by atoms with Gasteiger partial charge in [-0.2, -0.15) is 0 Å². The summed E-state index contributed by atoms with van der Waals surface area (Å²) in [5.74, 6) is 0. The summed E-state index contributed by atoms with van der Waals surface area (Å²) < 4.78 is 8.84. The molecule has 0 atom stereocenters. The average molecular weight is 675 g/mol. The van der Waals surface area contributed by atoms with E-state index in [4.69, 9.17) is 4.42 Å². The van der Waals surface area contributed by atoms with Gasteiger partial charge in [-0.25, -0.2) is 0 Å². The largest absolute Gasteiger partial charge is 0.456 e. The minimum atomic E-state index is 0.875. The van der Waals surface area contributed by atoms with E-state index >= 15 is 0 Å². The summed E-state index contributed by atoms with van der Waals surface area (Å²) in [7, 11) is 0. The fourth-order valence-electron chi connectivity index (χ4n) is 9.06. The molecular weight excluding hydrogens is 645 g/mol. The zero-order chi connectivity index (χ0) is 34.6. The second kappa shape index (κ2) is 10.7. The number of fused-ring (bicyclic) bond motifs is 11. The number of hydrogen-bond donors (Lipinski definition) is 0. The predicted molar refractivity (Wildman–Crippen MR) is 222 cm³/mol. The number of anilines is 3. The molecule has 2 aromatic heterocycles. The lowest BCUT2D eigenvalue weighted by atomic mass is 9.95. The van der Waals surface area contributed by atoms with Crippen molar-refractivity contribution in [1.29, 1.82) is 0 Å². The predicted octanol–water partition coefficient (Wildman–Crippen LogP) is 14.1. The highest BCUT2D eigenvalue weighted by Crippen LogP contribution is 2.53. The lowest BCUT2D eigenvalue weighted by Crippen LogP contribution is -2.10. The summed E-state index contributed by atoms with van der Waals surface area (Å²) >= 11 is 0. The molecule has 0 bridgehead atoms. The van der Waals surface area contributed by atoms with Crippen molar-refractivity contribution < 1.29 is 4.42 Å². The average Bonchev–Trinajstić information content (AvgIpc) is 3.87. The highest BCUT2D eigenvalue weighted by Gasteiger charge is 2.27. The summed E-state index contributed by atoms with van der Waals surface area (Å²) in [5, 5.41) is 9.80. The van der Waals surface area contributed by atoms with E-state index in [-0.39, 0.29) is 0 Å². The molecule has 0 radical (unpaired) electrons. The first kappa shape index (κ1) is 28.6. The van der Waals surface area contributed by atoms with Gasteiger partial charge in [0.05, 0.1) is 22.1 Å². The van der Waals surface area contributed by atoms with Crippen LogP contribution in [-0.2, 0) is 0 Å². The van der Waals surface area contributed by atoms with Crippen molar-refractivity contribution in [2.75, 3.05) is 4.90 Å². The van der Waals surface area contributed by atoms with Gasteiger partial charge in [-0.05, 0) is 117 Å². The third-order valence-corrected chi connectivity index (χ3v) is 11.3. The van der Waals surface area contributed by atoms with E-state index in [1.807, 2.05) is 6.07 Å². The second-order valence-corrected chi connectivity index (χ2v) is 14.1. The van der Waals surface area contributed by atoms with Crippen molar-refractivity contribution in [2.24, 2.45) is 0 Å². The van der Waals surface area contributed by atoms with E-state index in [2.05, 4.69) is 185 Å². The Hall–Kier alpha value is -7.10. The van der Waals surface area contributed by atoms with Gasteiger partial charge in [-0.1, -0.05) is 109 Å². The van der Waals surface area contributed by atoms with Crippen molar-refractivity contribution in [2.45, 2.75) is 0 Å². The van der Waals surface area contributed by atoms with E-state index in [1.165, 1.54) is 65.6 Å². The molecule has 0 saturated heterocycles. The number of hydrogen-bond acceptors (Lipinski definition) is 2. The highest BCUT2D eigenvalue weighted by atomic mass is 16.3. The lowest BCUT2D eigenvalue weighted by Gasteiger charge is -2.27. The molecule has 0 fully saturated rings. The van der Waals surface area contributed by atoms with Gasteiger partial charge < -0.3 is 13.9 Å². The SMILES string of the molecule is c1ccc(-n2c3ccccc3c3cc(N(c4ccc5c(c4)-c4c6ccccc6cc6cccc-5c46)c4cccc5oc6ccccc6c45)ccc32)cc1. The zero-order valence-corrected chi connectivity index (χ0v) is 28.6. The Bertz CT molecular complexity index is 3290. The van der Waals surface area contributed by atoms with E-state index in [9.17, 15) is 0 Å². The molecule has 0 amide bonds. The zero-order valence-electron chi connectivity index (χ0n) is 28.6. The Morgan fingerprint density at radius 1 is 0.396 bits per heavy atom. The van der Waals surface area contributed by atoms with Crippen molar-refractivity contribution in [3.8, 4) is 27.9 Å². The molecule has 11 aromatic rings. The monoisotopic (exact) mass is 674 g/mol. The van der Waals surface area contributed by atoms with Crippen LogP contribution in [0.3, 0.4) is 0 Å². The summed E-state index contributed by atoms with van der Waals surface area (Å²) in [6, 6.07) is 66.0. The number of aromatic nitrogens is 1. The van der Waals surface area contributed by atoms with Crippen LogP contribution >= 0.6 is 0 Å². The molecule has 2 heterocycles. The maximum atomic E-state index is 6.47. The maximum Gasteiger partial charge on any atom is 0.137 e. The fourth-order valence-corrected chi connectivity index (χ4v) is 9.06. The number of furan rings is 1. The molecule has 1 aliphatic carbocycles. The van der Waals surface area contributed by atoms with E-state index < -0.39 is 0 Å². The van der Waals surface area contributed by atoms with Gasteiger partial charge in [0.25, 0.3) is 0 Å². The van der Waals surface area contributed by atoms with Crippen LogP contribution in [0.1, 0.15) is 0 Å². The first-order valence-electron chi connectivity index (χ1n) is 18.2. The molecule has 0 aliphatic heterocycles. The Morgan fingerprint density at radius 3 is 2.02 bits per heavy atom. The van der Waals surface area contributed by atoms with Crippen LogP contribution in [0.15, 0.2) is 186 Å². The van der Waals surface area contributed by atoms with Crippen LogP contribution in [0.5, 0.6) is 0 Å². The molecule has 0 N–H and O–H groups in total. The standard InChI is InChI=1S/C50H30N2O/c1-2-14-33(15-3-1)52-43-20-8-6-17-38(43)41-29-35(25-27-44(41)52)51(45-21-11-23-47-50(45)40-18-7-9-22-46(40)53-47)34-24-26-37-39-19-10-13-32-28-31-12-4-5-16-36(31)49(48(32)39)42(37)30-34/h1-30H. The summed E-state index contributed by atoms with van der Waals surface area (Å²) in [6.45, 7) is 0. The Kier molecular flexibility index (Phi) is 5.77. The first-order chi connectivity index (χ1) is 26.3. The molecular formula is C50H30N2O. The number of rotatable bonds is 4. The van der Waals surface area contributed by atoms with Gasteiger partial charge in [0.1, 0.15) is 11.2 Å². The maximum absolute atomic E-state index is 6.47. The lowest BCUT2D eigenvalue weighted by molar-refractivity contribution is 0.669. The van der Waals surface area contributed by atoms with Gasteiger partial charge in [-0.3, -0.25) is 0 Å². The molecule has 0 spiro atoms. The van der Waals surface area contributed by atoms with Gasteiger partial charge >= 0.3 is 0 Å². The van der Waals surface area contributed by atoms with Crippen molar-refractivity contribution in [3.05, 3.63) is 182 Å². The minimum Gasteiger partial charge on any atom is -0.456 e. The molecule has 12 rings (SSSR count). The molecule has 0 saturated carbocycles. The fraction of sp³-hybridized carbons (Fsp3) is 0. The van der Waals surface area contributed by atoms with Crippen LogP contribution in [-0.4, -0.2) is 4.57 Å². The summed E-state index contributed by atoms with van der Waals surface area (Å²) in [6.07, 6.45) is 0. The normalized spacial score (nSPS) is 12.2. The van der Waals surface area contributed by atoms with E-state index in [0.29, 0.717) is 0 Å². The van der Waals surface area contributed by atoms with E-state index in [0.717, 1.165) is 44.7 Å². The van der Waals surface area contributed by atoms with Crippen LogP contribution in [0, 0.1) is 0 Å². The quantitative estimate of drug-likeness (QED) is 0.173. The van der Waals surface area contributed by atoms with Gasteiger partial charge in [0.15, 0.2) is 0 Å². The van der Waals surface area contributed by atoms with Crippen molar-refractivity contribution in [3.63, 3.8) is 0 Å². The number of nitrogens with zero attached hydrogens (tertiary/aromatic N) is 2. The van der Waals surface area contributed by atoms with Gasteiger partial charge in [-0.15, -0.1) is 0 Å². The van der Waals surface area contributed by atoms with Crippen LogP contribution in [0.25, 0.3) is 93.2 Å². The highest BCUT2D eigenvalue weighted by molar-refractivity contribution is 6.24. The topological polar surface area (TPSA) is 21.3 Å². The van der Waals surface area contributed by atoms with Crippen LogP contribution in [0.2, 0.25) is 0 Å². The smallest absolute Gasteiger partial charge is 0.137 e. The summed E-state index contributed by atoms with van der Waals surface area (Å²) in [5.41, 5.74) is 13.7. The van der Waals surface area contributed by atoms with Gasteiger partial charge in [0.2, 0.25) is 0 Å². The third-order valence-electron chi connectivity index (χ3n) is 11.3. The molecule has 0 unspecified atom stereocenters. The number of para-hydroxylation sites is 3. The third kappa shape index (κ3) is 3.99. The number of benzene rings is 9. The molecule has 9 aromatic carbocycles. The molecule has 246 valence electrons. The van der Waals surface area contributed by atoms with Crippen LogP contribution < -0.4 is 4.90 Å². The van der Waals surface area contributed by atoms with E-state index in [1.54, 1.807) is 0 Å². The Morgan fingerprint density at radius 2 is 1.09 bits per heavy atom. The van der Waals surface area contributed by atoms with Crippen molar-refractivity contribution in [1.82, 2.24) is 4.57 Å². The molecule has 53 heavy (non-hydrogen) atoms. The minimum absolute atomic E-state index is 0.875. The first-order valence-corrected chi connectivity index (χ1v) is 18.2. The molecule has 3 heteroatoms.